The van der Waals surface area contributed by atoms with Crippen molar-refractivity contribution in [2.75, 3.05) is 18.8 Å². The van der Waals surface area contributed by atoms with Crippen LogP contribution in [0.25, 0.3) is 0 Å². The fourth-order valence-corrected chi connectivity index (χ4v) is 3.42. The molecule has 1 aliphatic rings. The van der Waals surface area contributed by atoms with Crippen molar-refractivity contribution in [3.63, 3.8) is 0 Å². The van der Waals surface area contributed by atoms with E-state index in [1.807, 2.05) is 18.3 Å². The van der Waals surface area contributed by atoms with Crippen molar-refractivity contribution < 1.29 is 8.42 Å². The van der Waals surface area contributed by atoms with Gasteiger partial charge in [0.25, 0.3) is 0 Å². The van der Waals surface area contributed by atoms with Gasteiger partial charge in [-0.1, -0.05) is 6.07 Å². The van der Waals surface area contributed by atoms with Crippen LogP contribution in [0.4, 0.5) is 0 Å². The summed E-state index contributed by atoms with van der Waals surface area (Å²) < 4.78 is 25.1. The third-order valence-corrected chi connectivity index (χ3v) is 5.41. The van der Waals surface area contributed by atoms with Crippen molar-refractivity contribution in [2.45, 2.75) is 32.4 Å². The smallest absolute Gasteiger partial charge is 0.213 e. The van der Waals surface area contributed by atoms with Crippen LogP contribution in [0.15, 0.2) is 24.5 Å². The molecule has 1 N–H and O–H groups in total. The summed E-state index contributed by atoms with van der Waals surface area (Å²) in [5.41, 5.74) is 1.16. The summed E-state index contributed by atoms with van der Waals surface area (Å²) >= 11 is 0. The molecular weight excluding hydrogens is 262 g/mol. The molecular formula is C13H21N3O2S. The van der Waals surface area contributed by atoms with Gasteiger partial charge in [-0.15, -0.1) is 0 Å². The summed E-state index contributed by atoms with van der Waals surface area (Å²) in [6.45, 7) is 3.74. The quantitative estimate of drug-likeness (QED) is 0.875. The van der Waals surface area contributed by atoms with Gasteiger partial charge in [0.05, 0.1) is 5.75 Å². The number of nitrogens with one attached hydrogen (secondary N) is 1. The fraction of sp³-hybridized carbons (Fsp3) is 0.615. The summed E-state index contributed by atoms with van der Waals surface area (Å²) in [4.78, 5) is 4.08. The number of piperidine rings is 1. The maximum absolute atomic E-state index is 11.7. The van der Waals surface area contributed by atoms with E-state index in [0.717, 1.165) is 24.9 Å². The Balaban J connectivity index is 1.78. The standard InChI is InChI=1S/C13H21N3O2S/c1-2-19(17,18)16-8-5-13(6-9-16)15-11-12-4-3-7-14-10-12/h3-4,7,10,13,15H,2,5-6,8-9,11H2,1H3. The van der Waals surface area contributed by atoms with E-state index in [9.17, 15) is 8.42 Å². The first-order valence-electron chi connectivity index (χ1n) is 6.72. The van der Waals surface area contributed by atoms with Crippen LogP contribution in [0.5, 0.6) is 0 Å². The first-order chi connectivity index (χ1) is 9.12. The first kappa shape index (κ1) is 14.4. The van der Waals surface area contributed by atoms with Crippen LogP contribution in [0, 0.1) is 0 Å². The Morgan fingerprint density at radius 1 is 1.42 bits per heavy atom. The summed E-state index contributed by atoms with van der Waals surface area (Å²) in [5, 5.41) is 3.47. The summed E-state index contributed by atoms with van der Waals surface area (Å²) in [6.07, 6.45) is 5.36. The van der Waals surface area contributed by atoms with Crippen LogP contribution in [0.2, 0.25) is 0 Å². The Morgan fingerprint density at radius 2 is 2.16 bits per heavy atom. The second-order valence-electron chi connectivity index (χ2n) is 4.82. The monoisotopic (exact) mass is 283 g/mol. The molecule has 1 fully saturated rings. The summed E-state index contributed by atoms with van der Waals surface area (Å²) in [6, 6.07) is 4.35. The molecule has 106 valence electrons. The summed E-state index contributed by atoms with van der Waals surface area (Å²) in [7, 11) is -3.02. The topological polar surface area (TPSA) is 62.3 Å². The Labute approximate surface area is 115 Å². The molecule has 0 saturated carbocycles. The van der Waals surface area contributed by atoms with Crippen molar-refractivity contribution in [1.82, 2.24) is 14.6 Å². The molecule has 0 spiro atoms. The van der Waals surface area contributed by atoms with Crippen LogP contribution < -0.4 is 5.32 Å². The highest BCUT2D eigenvalue weighted by molar-refractivity contribution is 7.89. The van der Waals surface area contributed by atoms with E-state index in [1.54, 1.807) is 17.4 Å². The third kappa shape index (κ3) is 3.99. The molecule has 0 aliphatic carbocycles. The second-order valence-corrected chi connectivity index (χ2v) is 7.07. The lowest BCUT2D eigenvalue weighted by molar-refractivity contribution is 0.289. The molecule has 0 radical (unpaired) electrons. The average Bonchev–Trinajstić information content (AvgIpc) is 2.47. The van der Waals surface area contributed by atoms with Gasteiger partial charge in [0.2, 0.25) is 10.0 Å². The van der Waals surface area contributed by atoms with E-state index >= 15 is 0 Å². The van der Waals surface area contributed by atoms with Gasteiger partial charge in [0.15, 0.2) is 0 Å². The van der Waals surface area contributed by atoms with Crippen LogP contribution in [-0.4, -0.2) is 42.6 Å². The molecule has 0 atom stereocenters. The summed E-state index contributed by atoms with van der Waals surface area (Å²) in [5.74, 6) is 0.195. The van der Waals surface area contributed by atoms with Crippen LogP contribution in [0.1, 0.15) is 25.3 Å². The maximum Gasteiger partial charge on any atom is 0.213 e. The van der Waals surface area contributed by atoms with Crippen LogP contribution in [-0.2, 0) is 16.6 Å². The maximum atomic E-state index is 11.7. The molecule has 0 aromatic carbocycles. The first-order valence-corrected chi connectivity index (χ1v) is 8.33. The number of sulfonamides is 1. The number of nitrogens with zero attached hydrogens (tertiary/aromatic N) is 2. The Bertz CT molecular complexity index is 482. The predicted molar refractivity (Wildman–Crippen MR) is 75.1 cm³/mol. The highest BCUT2D eigenvalue weighted by atomic mass is 32.2. The van der Waals surface area contributed by atoms with Gasteiger partial charge in [0.1, 0.15) is 0 Å². The second kappa shape index (κ2) is 6.45. The van der Waals surface area contributed by atoms with Crippen LogP contribution in [0.3, 0.4) is 0 Å². The minimum absolute atomic E-state index is 0.195. The minimum atomic E-state index is -3.02. The fourth-order valence-electron chi connectivity index (χ4n) is 2.29. The molecule has 19 heavy (non-hydrogen) atoms. The van der Waals surface area contributed by atoms with Gasteiger partial charge >= 0.3 is 0 Å². The lowest BCUT2D eigenvalue weighted by Crippen LogP contribution is -2.45. The van der Waals surface area contributed by atoms with E-state index in [-0.39, 0.29) is 5.75 Å². The molecule has 2 heterocycles. The molecule has 1 saturated heterocycles. The van der Waals surface area contributed by atoms with E-state index in [0.29, 0.717) is 19.1 Å². The zero-order valence-corrected chi connectivity index (χ0v) is 12.1. The van der Waals surface area contributed by atoms with E-state index < -0.39 is 10.0 Å². The molecule has 1 aromatic rings. The number of hydrogen-bond acceptors (Lipinski definition) is 4. The van der Waals surface area contributed by atoms with Crippen LogP contribution >= 0.6 is 0 Å². The average molecular weight is 283 g/mol. The highest BCUT2D eigenvalue weighted by Gasteiger charge is 2.26. The Hall–Kier alpha value is -0.980. The molecule has 5 nitrogen and oxygen atoms in total. The molecule has 2 rings (SSSR count). The zero-order chi connectivity index (χ0) is 13.7. The number of pyridine rings is 1. The van der Waals surface area contributed by atoms with Gasteiger partial charge in [-0.05, 0) is 31.4 Å². The van der Waals surface area contributed by atoms with Gasteiger partial charge in [-0.25, -0.2) is 12.7 Å². The van der Waals surface area contributed by atoms with E-state index in [4.69, 9.17) is 0 Å². The van der Waals surface area contributed by atoms with Crippen molar-refractivity contribution in [1.29, 1.82) is 0 Å². The third-order valence-electron chi connectivity index (χ3n) is 3.53. The van der Waals surface area contributed by atoms with E-state index in [1.165, 1.54) is 0 Å². The molecule has 0 unspecified atom stereocenters. The number of rotatable bonds is 5. The zero-order valence-electron chi connectivity index (χ0n) is 11.2. The highest BCUT2D eigenvalue weighted by Crippen LogP contribution is 2.14. The molecule has 0 bridgehead atoms. The van der Waals surface area contributed by atoms with E-state index in [2.05, 4.69) is 10.3 Å². The number of hydrogen-bond donors (Lipinski definition) is 1. The van der Waals surface area contributed by atoms with Gasteiger partial charge in [0, 0.05) is 38.1 Å². The SMILES string of the molecule is CCS(=O)(=O)N1CCC(NCc2cccnc2)CC1. The minimum Gasteiger partial charge on any atom is -0.310 e. The lowest BCUT2D eigenvalue weighted by Gasteiger charge is -2.31. The predicted octanol–water partition coefficient (Wildman–Crippen LogP) is 0.985. The van der Waals surface area contributed by atoms with Gasteiger partial charge < -0.3 is 5.32 Å². The normalized spacial score (nSPS) is 18.6. The lowest BCUT2D eigenvalue weighted by atomic mass is 10.1. The molecule has 1 aliphatic heterocycles. The van der Waals surface area contributed by atoms with Crippen molar-refractivity contribution in [2.24, 2.45) is 0 Å². The molecule has 0 amide bonds. The Kier molecular flexibility index (Phi) is 4.90. The molecule has 1 aromatic heterocycles. The van der Waals surface area contributed by atoms with Crippen molar-refractivity contribution >= 4 is 10.0 Å². The van der Waals surface area contributed by atoms with Gasteiger partial charge in [-0.2, -0.15) is 0 Å². The largest absolute Gasteiger partial charge is 0.310 e. The Morgan fingerprint density at radius 3 is 2.74 bits per heavy atom. The van der Waals surface area contributed by atoms with Crippen molar-refractivity contribution in [3.05, 3.63) is 30.1 Å². The number of aromatic nitrogens is 1. The van der Waals surface area contributed by atoms with Crippen molar-refractivity contribution in [3.8, 4) is 0 Å². The van der Waals surface area contributed by atoms with Gasteiger partial charge in [-0.3, -0.25) is 4.98 Å². The molecule has 6 heteroatoms.